The molecule has 0 unspecified atom stereocenters. The van der Waals surface area contributed by atoms with Crippen LogP contribution in [0.5, 0.6) is 5.75 Å². The minimum absolute atomic E-state index is 0.0608. The van der Waals surface area contributed by atoms with Gasteiger partial charge in [-0.3, -0.25) is 4.79 Å². The number of para-hydroxylation sites is 1. The molecule has 2 N–H and O–H groups in total. The van der Waals surface area contributed by atoms with Crippen molar-refractivity contribution in [2.75, 3.05) is 50.1 Å². The highest BCUT2D eigenvalue weighted by Crippen LogP contribution is 2.24. The van der Waals surface area contributed by atoms with Crippen molar-refractivity contribution in [2.24, 2.45) is 0 Å². The van der Waals surface area contributed by atoms with Gasteiger partial charge in [0.2, 0.25) is 0 Å². The first-order valence-corrected chi connectivity index (χ1v) is 9.15. The molecule has 0 spiro atoms. The number of aryl methyl sites for hydroxylation is 2. The van der Waals surface area contributed by atoms with Gasteiger partial charge >= 0.3 is 0 Å². The highest BCUT2D eigenvalue weighted by atomic mass is 16.5. The van der Waals surface area contributed by atoms with Crippen LogP contribution in [0.2, 0.25) is 0 Å². The number of ether oxygens (including phenoxy) is 1. The average molecular weight is 354 g/mol. The molecular weight excluding hydrogens is 326 g/mol. The monoisotopic (exact) mass is 354 g/mol. The van der Waals surface area contributed by atoms with Gasteiger partial charge in [0.25, 0.3) is 5.91 Å². The van der Waals surface area contributed by atoms with E-state index in [0.717, 1.165) is 37.6 Å². The fraction of sp³-hybridized carbons (Fsp3) is 0.381. The second-order valence-electron chi connectivity index (χ2n) is 6.93. The van der Waals surface area contributed by atoms with E-state index in [1.807, 2.05) is 24.3 Å². The smallest absolute Gasteiger partial charge is 0.279 e. The summed E-state index contributed by atoms with van der Waals surface area (Å²) in [4.78, 5) is 16.1. The highest BCUT2D eigenvalue weighted by Gasteiger charge is 2.23. The number of hydrogen-bond donors (Lipinski definition) is 2. The standard InChI is InChI=1S/C21H27N3O2/c1-16-5-4-6-17(2)21(16)24-13-11-23(12-14-24)15-20(25)22-18-7-9-19(26-3)10-8-18/h4-10H,11-15H2,1-3H3,(H,22,25)/p+1. The topological polar surface area (TPSA) is 46.0 Å². The molecule has 5 heteroatoms. The summed E-state index contributed by atoms with van der Waals surface area (Å²) in [5, 5.41) is 2.97. The molecule has 0 atom stereocenters. The highest BCUT2D eigenvalue weighted by molar-refractivity contribution is 5.91. The van der Waals surface area contributed by atoms with Crippen molar-refractivity contribution in [3.05, 3.63) is 53.6 Å². The zero-order chi connectivity index (χ0) is 18.5. The van der Waals surface area contributed by atoms with Crippen LogP contribution in [0.3, 0.4) is 0 Å². The van der Waals surface area contributed by atoms with Crippen LogP contribution < -0.4 is 19.9 Å². The summed E-state index contributed by atoms with van der Waals surface area (Å²) in [7, 11) is 1.63. The summed E-state index contributed by atoms with van der Waals surface area (Å²) in [5.41, 5.74) is 4.81. The van der Waals surface area contributed by atoms with Gasteiger partial charge in [-0.2, -0.15) is 0 Å². The lowest BCUT2D eigenvalue weighted by atomic mass is 10.1. The fourth-order valence-corrected chi connectivity index (χ4v) is 3.63. The van der Waals surface area contributed by atoms with Crippen LogP contribution in [0.1, 0.15) is 11.1 Å². The molecule has 26 heavy (non-hydrogen) atoms. The third kappa shape index (κ3) is 4.35. The lowest BCUT2D eigenvalue weighted by molar-refractivity contribution is -0.892. The van der Waals surface area contributed by atoms with E-state index < -0.39 is 0 Å². The first-order chi connectivity index (χ1) is 12.6. The Morgan fingerprint density at radius 3 is 2.27 bits per heavy atom. The molecule has 138 valence electrons. The lowest BCUT2D eigenvalue weighted by Gasteiger charge is -2.35. The maximum absolute atomic E-state index is 12.3. The fourth-order valence-electron chi connectivity index (χ4n) is 3.63. The van der Waals surface area contributed by atoms with Crippen molar-refractivity contribution in [1.29, 1.82) is 0 Å². The van der Waals surface area contributed by atoms with Crippen molar-refractivity contribution < 1.29 is 14.4 Å². The third-order valence-electron chi connectivity index (χ3n) is 5.01. The number of hydrogen-bond acceptors (Lipinski definition) is 3. The molecule has 0 bridgehead atoms. The molecule has 0 aliphatic carbocycles. The Hall–Kier alpha value is -2.53. The minimum atomic E-state index is 0.0608. The van der Waals surface area contributed by atoms with E-state index in [2.05, 4.69) is 42.3 Å². The Balaban J connectivity index is 1.51. The maximum Gasteiger partial charge on any atom is 0.279 e. The number of carbonyl (C=O) groups excluding carboxylic acids is 1. The first kappa shape index (κ1) is 18.3. The number of anilines is 2. The summed E-state index contributed by atoms with van der Waals surface area (Å²) in [6, 6.07) is 13.9. The van der Waals surface area contributed by atoms with E-state index in [0.29, 0.717) is 6.54 Å². The number of nitrogens with one attached hydrogen (secondary N) is 2. The zero-order valence-corrected chi connectivity index (χ0v) is 15.8. The van der Waals surface area contributed by atoms with Crippen LogP contribution in [-0.4, -0.2) is 45.7 Å². The summed E-state index contributed by atoms with van der Waals surface area (Å²) < 4.78 is 5.14. The number of benzene rings is 2. The third-order valence-corrected chi connectivity index (χ3v) is 5.01. The zero-order valence-electron chi connectivity index (χ0n) is 15.8. The van der Waals surface area contributed by atoms with Crippen LogP contribution in [0.25, 0.3) is 0 Å². The van der Waals surface area contributed by atoms with Gasteiger partial charge in [-0.15, -0.1) is 0 Å². The Labute approximate surface area is 155 Å². The van der Waals surface area contributed by atoms with Gasteiger partial charge in [0.15, 0.2) is 6.54 Å². The summed E-state index contributed by atoms with van der Waals surface area (Å²) in [6.45, 7) is 8.77. The van der Waals surface area contributed by atoms with Crippen molar-refractivity contribution in [1.82, 2.24) is 0 Å². The van der Waals surface area contributed by atoms with Gasteiger partial charge in [-0.25, -0.2) is 0 Å². The van der Waals surface area contributed by atoms with Crippen LogP contribution in [-0.2, 0) is 4.79 Å². The van der Waals surface area contributed by atoms with Gasteiger partial charge in [0, 0.05) is 11.4 Å². The largest absolute Gasteiger partial charge is 0.497 e. The summed E-state index contributed by atoms with van der Waals surface area (Å²) >= 11 is 0. The predicted octanol–water partition coefficient (Wildman–Crippen LogP) is 1.66. The first-order valence-electron chi connectivity index (χ1n) is 9.15. The second-order valence-corrected chi connectivity index (χ2v) is 6.93. The molecule has 1 aliphatic heterocycles. The van der Waals surface area contributed by atoms with E-state index >= 15 is 0 Å². The SMILES string of the molecule is COc1ccc(NC(=O)C[NH+]2CCN(c3c(C)cccc3C)CC2)cc1. The van der Waals surface area contributed by atoms with Gasteiger partial charge < -0.3 is 19.9 Å². The molecule has 1 amide bonds. The molecule has 5 nitrogen and oxygen atoms in total. The average Bonchev–Trinajstić information content (AvgIpc) is 2.63. The molecular formula is C21H28N3O2+. The van der Waals surface area contributed by atoms with Crippen molar-refractivity contribution >= 4 is 17.3 Å². The molecule has 2 aromatic rings. The van der Waals surface area contributed by atoms with Gasteiger partial charge in [0.1, 0.15) is 5.75 Å². The molecule has 0 saturated carbocycles. The number of quaternary nitrogens is 1. The number of methoxy groups -OCH3 is 1. The molecule has 0 radical (unpaired) electrons. The molecule has 1 heterocycles. The maximum atomic E-state index is 12.3. The molecule has 2 aromatic carbocycles. The minimum Gasteiger partial charge on any atom is -0.497 e. The molecule has 1 saturated heterocycles. The normalized spacial score (nSPS) is 15.0. The Morgan fingerprint density at radius 1 is 1.08 bits per heavy atom. The predicted molar refractivity (Wildman–Crippen MR) is 105 cm³/mol. The van der Waals surface area contributed by atoms with Crippen molar-refractivity contribution in [2.45, 2.75) is 13.8 Å². The Morgan fingerprint density at radius 2 is 1.69 bits per heavy atom. The molecule has 1 aliphatic rings. The van der Waals surface area contributed by atoms with E-state index in [1.54, 1.807) is 7.11 Å². The van der Waals surface area contributed by atoms with Crippen LogP contribution in [0.4, 0.5) is 11.4 Å². The molecule has 3 rings (SSSR count). The number of piperazine rings is 1. The summed E-state index contributed by atoms with van der Waals surface area (Å²) in [6.07, 6.45) is 0. The van der Waals surface area contributed by atoms with E-state index in [-0.39, 0.29) is 5.91 Å². The number of nitrogens with zero attached hydrogens (tertiary/aromatic N) is 1. The van der Waals surface area contributed by atoms with Crippen molar-refractivity contribution in [3.63, 3.8) is 0 Å². The number of carbonyl (C=O) groups is 1. The van der Waals surface area contributed by atoms with Crippen LogP contribution in [0.15, 0.2) is 42.5 Å². The number of amides is 1. The van der Waals surface area contributed by atoms with Crippen LogP contribution >= 0.6 is 0 Å². The quantitative estimate of drug-likeness (QED) is 0.858. The van der Waals surface area contributed by atoms with Gasteiger partial charge in [-0.1, -0.05) is 18.2 Å². The molecule has 0 aromatic heterocycles. The summed E-state index contributed by atoms with van der Waals surface area (Å²) in [5.74, 6) is 0.849. The second kappa shape index (κ2) is 8.23. The lowest BCUT2D eigenvalue weighted by Crippen LogP contribution is -3.15. The van der Waals surface area contributed by atoms with Gasteiger partial charge in [0.05, 0.1) is 33.3 Å². The van der Waals surface area contributed by atoms with E-state index in [4.69, 9.17) is 4.74 Å². The van der Waals surface area contributed by atoms with Crippen LogP contribution in [0, 0.1) is 13.8 Å². The molecule has 1 fully saturated rings. The van der Waals surface area contributed by atoms with E-state index in [9.17, 15) is 4.79 Å². The van der Waals surface area contributed by atoms with E-state index in [1.165, 1.54) is 21.7 Å². The van der Waals surface area contributed by atoms with Crippen molar-refractivity contribution in [3.8, 4) is 5.75 Å². The Kier molecular flexibility index (Phi) is 5.78. The Bertz CT molecular complexity index is 730. The van der Waals surface area contributed by atoms with Gasteiger partial charge in [-0.05, 0) is 49.2 Å². The number of rotatable bonds is 5.